The molecule has 0 fully saturated rings. The Labute approximate surface area is 322 Å². The molecular weight excluding hydrogens is 681 g/mol. The van der Waals surface area contributed by atoms with Gasteiger partial charge in [-0.2, -0.15) is 0 Å². The molecule has 0 saturated heterocycles. The summed E-state index contributed by atoms with van der Waals surface area (Å²) in [7, 11) is 0. The Kier molecular flexibility index (Phi) is 6.66. The Morgan fingerprint density at radius 1 is 0.232 bits per heavy atom. The van der Waals surface area contributed by atoms with Gasteiger partial charge < -0.3 is 8.83 Å². The fourth-order valence-electron chi connectivity index (χ4n) is 9.05. The van der Waals surface area contributed by atoms with Gasteiger partial charge in [-0.1, -0.05) is 170 Å². The summed E-state index contributed by atoms with van der Waals surface area (Å²) in [5, 5.41) is 11.9. The van der Waals surface area contributed by atoms with Gasteiger partial charge in [0.1, 0.15) is 22.3 Å². The van der Waals surface area contributed by atoms with E-state index >= 15 is 0 Å². The van der Waals surface area contributed by atoms with E-state index in [1.807, 2.05) is 24.3 Å². The topological polar surface area (TPSA) is 26.3 Å². The van der Waals surface area contributed by atoms with Crippen molar-refractivity contribution in [1.82, 2.24) is 0 Å². The van der Waals surface area contributed by atoms with Crippen molar-refractivity contribution >= 4 is 76.2 Å². The van der Waals surface area contributed by atoms with Gasteiger partial charge in [0.25, 0.3) is 0 Å². The van der Waals surface area contributed by atoms with Crippen molar-refractivity contribution in [2.24, 2.45) is 0 Å². The number of furan rings is 2. The van der Waals surface area contributed by atoms with Crippen molar-refractivity contribution in [2.75, 3.05) is 0 Å². The highest BCUT2D eigenvalue weighted by Gasteiger charge is 2.21. The summed E-state index contributed by atoms with van der Waals surface area (Å²) in [5.74, 6) is 0. The smallest absolute Gasteiger partial charge is 0.147 e. The predicted octanol–water partition coefficient (Wildman–Crippen LogP) is 15.6. The second-order valence-corrected chi connectivity index (χ2v) is 14.8. The Morgan fingerprint density at radius 2 is 0.607 bits per heavy atom. The van der Waals surface area contributed by atoms with Crippen molar-refractivity contribution in [3.8, 4) is 44.5 Å². The first-order valence-electron chi connectivity index (χ1n) is 19.2. The average Bonchev–Trinajstić information content (AvgIpc) is 3.83. The molecule has 2 heterocycles. The van der Waals surface area contributed by atoms with E-state index in [1.54, 1.807) is 0 Å². The fraction of sp³-hybridized carbons (Fsp3) is 0. The van der Waals surface area contributed by atoms with Crippen LogP contribution in [0.1, 0.15) is 0 Å². The Hall–Kier alpha value is -7.42. The van der Waals surface area contributed by atoms with E-state index in [4.69, 9.17) is 8.83 Å². The number of benzene rings is 10. The van der Waals surface area contributed by atoms with Crippen LogP contribution in [0.3, 0.4) is 0 Å². The summed E-state index contributed by atoms with van der Waals surface area (Å²) in [5.41, 5.74) is 12.8. The van der Waals surface area contributed by atoms with E-state index < -0.39 is 0 Å². The molecule has 2 nitrogen and oxygen atoms in total. The minimum absolute atomic E-state index is 0.848. The zero-order valence-corrected chi connectivity index (χ0v) is 30.3. The SMILES string of the molecule is c1ccc2cc(-c3c4ccccc4c(-c4ccc(-c5ccc(-c6c7oc8ccccc8c7cc7c6oc6ccccc67)cc5)cc4)c4ccccc34)ccc2c1. The molecule has 0 unspecified atom stereocenters. The molecule has 0 aliphatic heterocycles. The maximum Gasteiger partial charge on any atom is 0.147 e. The van der Waals surface area contributed by atoms with Crippen LogP contribution in [-0.4, -0.2) is 0 Å². The van der Waals surface area contributed by atoms with Gasteiger partial charge in [-0.05, 0) is 95.5 Å². The standard InChI is InChI=1S/C54H32O2/c1-2-12-38-31-39(30-25-33(38)11-1)51-44-17-5-3-15-42(44)50(43-16-4-6-18-45(43)51)36-26-21-34(22-27-36)35-23-28-37(29-24-35)52-53-46(40-13-7-9-19-48(40)55-53)32-47-41-14-8-10-20-49(41)56-54(47)52/h1-32H. The molecular formula is C54H32O2. The van der Waals surface area contributed by atoms with Gasteiger partial charge in [0.15, 0.2) is 0 Å². The van der Waals surface area contributed by atoms with Gasteiger partial charge in [0.2, 0.25) is 0 Å². The van der Waals surface area contributed by atoms with Gasteiger partial charge in [0.05, 0.1) is 5.56 Å². The average molecular weight is 713 g/mol. The molecule has 0 spiro atoms. The third-order valence-corrected chi connectivity index (χ3v) is 11.7. The van der Waals surface area contributed by atoms with E-state index in [1.165, 1.54) is 54.6 Å². The van der Waals surface area contributed by atoms with Crippen LogP contribution in [0.5, 0.6) is 0 Å². The van der Waals surface area contributed by atoms with Crippen LogP contribution in [0.4, 0.5) is 0 Å². The van der Waals surface area contributed by atoms with Gasteiger partial charge in [-0.25, -0.2) is 0 Å². The minimum Gasteiger partial charge on any atom is -0.455 e. The molecule has 56 heavy (non-hydrogen) atoms. The predicted molar refractivity (Wildman–Crippen MR) is 235 cm³/mol. The molecule has 0 aliphatic rings. The lowest BCUT2D eigenvalue weighted by atomic mass is 9.85. The molecule has 2 aromatic heterocycles. The molecule has 0 bridgehead atoms. The monoisotopic (exact) mass is 712 g/mol. The number of para-hydroxylation sites is 2. The largest absolute Gasteiger partial charge is 0.455 e. The fourth-order valence-corrected chi connectivity index (χ4v) is 9.05. The molecule has 12 aromatic rings. The van der Waals surface area contributed by atoms with Gasteiger partial charge >= 0.3 is 0 Å². The lowest BCUT2D eigenvalue weighted by molar-refractivity contribution is 0.658. The number of hydrogen-bond acceptors (Lipinski definition) is 2. The minimum atomic E-state index is 0.848. The van der Waals surface area contributed by atoms with Crippen LogP contribution in [0.25, 0.3) is 121 Å². The van der Waals surface area contributed by atoms with Crippen LogP contribution in [-0.2, 0) is 0 Å². The second kappa shape index (κ2) is 12.0. The molecule has 0 N–H and O–H groups in total. The lowest BCUT2D eigenvalue weighted by Gasteiger charge is -2.18. The molecule has 260 valence electrons. The van der Waals surface area contributed by atoms with Gasteiger partial charge in [-0.3, -0.25) is 0 Å². The van der Waals surface area contributed by atoms with E-state index in [0.29, 0.717) is 0 Å². The van der Waals surface area contributed by atoms with Crippen molar-refractivity contribution in [1.29, 1.82) is 0 Å². The summed E-state index contributed by atoms with van der Waals surface area (Å²) < 4.78 is 13.1. The molecule has 2 heteroatoms. The van der Waals surface area contributed by atoms with E-state index in [2.05, 4.69) is 170 Å². The molecule has 0 amide bonds. The third-order valence-electron chi connectivity index (χ3n) is 11.7. The van der Waals surface area contributed by atoms with Gasteiger partial charge in [-0.15, -0.1) is 0 Å². The molecule has 0 saturated carbocycles. The van der Waals surface area contributed by atoms with E-state index in [9.17, 15) is 0 Å². The summed E-state index contributed by atoms with van der Waals surface area (Å²) >= 11 is 0. The molecule has 0 radical (unpaired) electrons. The second-order valence-electron chi connectivity index (χ2n) is 14.8. The van der Waals surface area contributed by atoms with Crippen molar-refractivity contribution in [2.45, 2.75) is 0 Å². The third kappa shape index (κ3) is 4.63. The van der Waals surface area contributed by atoms with Gasteiger partial charge in [0, 0.05) is 21.5 Å². The quantitative estimate of drug-likeness (QED) is 0.170. The van der Waals surface area contributed by atoms with Crippen molar-refractivity contribution in [3.63, 3.8) is 0 Å². The molecule has 0 aliphatic carbocycles. The maximum atomic E-state index is 6.56. The van der Waals surface area contributed by atoms with Crippen molar-refractivity contribution in [3.05, 3.63) is 194 Å². The summed E-state index contributed by atoms with van der Waals surface area (Å²) in [6.07, 6.45) is 0. The van der Waals surface area contributed by atoms with Crippen LogP contribution < -0.4 is 0 Å². The van der Waals surface area contributed by atoms with Crippen LogP contribution >= 0.6 is 0 Å². The summed E-state index contributed by atoms with van der Waals surface area (Å²) in [4.78, 5) is 0. The zero-order valence-electron chi connectivity index (χ0n) is 30.3. The van der Waals surface area contributed by atoms with Crippen LogP contribution in [0.2, 0.25) is 0 Å². The number of hydrogen-bond donors (Lipinski definition) is 0. The lowest BCUT2D eigenvalue weighted by Crippen LogP contribution is -1.91. The Morgan fingerprint density at radius 3 is 1.12 bits per heavy atom. The maximum absolute atomic E-state index is 6.56. The van der Waals surface area contributed by atoms with Crippen LogP contribution in [0.15, 0.2) is 203 Å². The molecule has 12 rings (SSSR count). The molecule has 0 atom stereocenters. The highest BCUT2D eigenvalue weighted by molar-refractivity contribution is 6.23. The zero-order chi connectivity index (χ0) is 36.7. The first kappa shape index (κ1) is 31.0. The first-order valence-corrected chi connectivity index (χ1v) is 19.2. The number of fused-ring (bicyclic) bond motifs is 9. The van der Waals surface area contributed by atoms with Crippen molar-refractivity contribution < 1.29 is 8.83 Å². The normalized spacial score (nSPS) is 11.9. The highest BCUT2D eigenvalue weighted by Crippen LogP contribution is 2.46. The van der Waals surface area contributed by atoms with E-state index in [0.717, 1.165) is 66.1 Å². The van der Waals surface area contributed by atoms with Crippen LogP contribution in [0, 0.1) is 0 Å². The Balaban J connectivity index is 0.972. The molecule has 10 aromatic carbocycles. The first-order chi connectivity index (χ1) is 27.8. The highest BCUT2D eigenvalue weighted by atomic mass is 16.3. The summed E-state index contributed by atoms with van der Waals surface area (Å²) in [6, 6.07) is 69.8. The number of rotatable bonds is 4. The summed E-state index contributed by atoms with van der Waals surface area (Å²) in [6.45, 7) is 0. The Bertz CT molecular complexity index is 3360. The van der Waals surface area contributed by atoms with E-state index in [-0.39, 0.29) is 0 Å².